The van der Waals surface area contributed by atoms with Crippen LogP contribution >= 0.6 is 33.3 Å². The second kappa shape index (κ2) is 4.30. The zero-order valence-electron chi connectivity index (χ0n) is 7.68. The zero-order valence-corrected chi connectivity index (χ0v) is 11.4. The molecule has 1 heterocycles. The number of benzene rings is 1. The summed E-state index contributed by atoms with van der Waals surface area (Å²) in [5, 5.41) is 5.75. The number of H-pyrrole nitrogens is 1. The first-order chi connectivity index (χ1) is 7.48. The van der Waals surface area contributed by atoms with Crippen LogP contribution in [0.3, 0.4) is 0 Å². The molecule has 1 N–H and O–H groups in total. The topological polar surface area (TPSA) is 75.7 Å². The Kier molecular flexibility index (Phi) is 3.17. The molecule has 0 fully saturated rings. The van der Waals surface area contributed by atoms with Crippen molar-refractivity contribution in [2.45, 2.75) is 5.16 Å². The average molecular weight is 370 g/mol. The van der Waals surface area contributed by atoms with Crippen LogP contribution in [0.15, 0.2) is 29.4 Å². The van der Waals surface area contributed by atoms with Crippen molar-refractivity contribution in [1.29, 1.82) is 0 Å². The summed E-state index contributed by atoms with van der Waals surface area (Å²) in [4.78, 5) is 3.82. The molecule has 0 amide bonds. The molecule has 0 atom stereocenters. The molecule has 0 spiro atoms. The lowest BCUT2D eigenvalue weighted by atomic mass is 10.2. The van der Waals surface area contributed by atoms with Crippen LogP contribution in [0.5, 0.6) is 0 Å². The van der Waals surface area contributed by atoms with Crippen molar-refractivity contribution in [3.63, 3.8) is 0 Å². The minimum Gasteiger partial charge on any atom is -0.248 e. The highest BCUT2D eigenvalue weighted by molar-refractivity contribution is 14.1. The molecule has 0 aliphatic rings. The molecule has 1 aromatic heterocycles. The lowest BCUT2D eigenvalue weighted by Crippen LogP contribution is -1.93. The van der Waals surface area contributed by atoms with Gasteiger partial charge in [0.15, 0.2) is 5.82 Å². The van der Waals surface area contributed by atoms with Crippen molar-refractivity contribution < 1.29 is 8.42 Å². The lowest BCUT2D eigenvalue weighted by molar-refractivity contribution is 0.602. The van der Waals surface area contributed by atoms with Gasteiger partial charge < -0.3 is 0 Å². The van der Waals surface area contributed by atoms with E-state index in [1.54, 1.807) is 6.07 Å². The van der Waals surface area contributed by atoms with Crippen molar-refractivity contribution in [1.82, 2.24) is 15.2 Å². The van der Waals surface area contributed by atoms with Gasteiger partial charge in [-0.2, -0.15) is 10.1 Å². The Bertz CT molecular complexity index is 626. The highest BCUT2D eigenvalue weighted by Gasteiger charge is 2.17. The molecule has 1 aromatic carbocycles. The first-order valence-electron chi connectivity index (χ1n) is 4.10. The van der Waals surface area contributed by atoms with Gasteiger partial charge in [-0.3, -0.25) is 0 Å². The number of aromatic nitrogens is 3. The molecule has 0 saturated heterocycles. The summed E-state index contributed by atoms with van der Waals surface area (Å²) in [6, 6.07) is 7.37. The average Bonchev–Trinajstić information content (AvgIpc) is 2.66. The van der Waals surface area contributed by atoms with Gasteiger partial charge in [0.05, 0.1) is 0 Å². The summed E-state index contributed by atoms with van der Waals surface area (Å²) >= 11 is 2.12. The van der Waals surface area contributed by atoms with Gasteiger partial charge in [0.1, 0.15) is 0 Å². The largest absolute Gasteiger partial charge is 0.296 e. The van der Waals surface area contributed by atoms with Crippen LogP contribution in [-0.4, -0.2) is 23.6 Å². The molecule has 0 aliphatic carbocycles. The second-order valence-corrected chi connectivity index (χ2v) is 6.53. The predicted molar refractivity (Wildman–Crippen MR) is 67.6 cm³/mol. The number of nitrogens with one attached hydrogen (secondary N) is 1. The van der Waals surface area contributed by atoms with Gasteiger partial charge in [-0.1, -0.05) is 18.2 Å². The number of hydrogen-bond donors (Lipinski definition) is 1. The van der Waals surface area contributed by atoms with Gasteiger partial charge in [0.25, 0.3) is 14.2 Å². The number of aromatic amines is 1. The number of halogens is 2. The normalized spacial score (nSPS) is 11.6. The maximum atomic E-state index is 11.0. The molecule has 5 nitrogen and oxygen atoms in total. The van der Waals surface area contributed by atoms with Gasteiger partial charge in [-0.15, -0.1) is 0 Å². The molecule has 0 radical (unpaired) electrons. The lowest BCUT2D eigenvalue weighted by Gasteiger charge is -1.96. The van der Waals surface area contributed by atoms with E-state index in [0.29, 0.717) is 5.82 Å². The number of rotatable bonds is 2. The quantitative estimate of drug-likeness (QED) is 0.649. The van der Waals surface area contributed by atoms with E-state index < -0.39 is 9.05 Å². The van der Waals surface area contributed by atoms with Crippen molar-refractivity contribution in [3.8, 4) is 11.4 Å². The Labute approximate surface area is 110 Å². The highest BCUT2D eigenvalue weighted by Crippen LogP contribution is 2.22. The van der Waals surface area contributed by atoms with Gasteiger partial charge >= 0.3 is 0 Å². The summed E-state index contributed by atoms with van der Waals surface area (Å²) in [7, 11) is 1.27. The number of nitrogens with zero attached hydrogens (tertiary/aromatic N) is 2. The number of hydrogen-bond acceptors (Lipinski definition) is 4. The first kappa shape index (κ1) is 11.8. The summed E-state index contributed by atoms with van der Waals surface area (Å²) in [5.41, 5.74) is 0.755. The van der Waals surface area contributed by atoms with E-state index in [2.05, 4.69) is 37.8 Å². The summed E-state index contributed by atoms with van der Waals surface area (Å²) in [6.07, 6.45) is 0. The van der Waals surface area contributed by atoms with Crippen LogP contribution < -0.4 is 0 Å². The Balaban J connectivity index is 2.52. The van der Waals surface area contributed by atoms with E-state index in [1.165, 1.54) is 0 Å². The molecule has 0 unspecified atom stereocenters. The Morgan fingerprint density at radius 2 is 2.00 bits per heavy atom. The van der Waals surface area contributed by atoms with Gasteiger partial charge in [-0.25, -0.2) is 13.5 Å². The summed E-state index contributed by atoms with van der Waals surface area (Å²) < 4.78 is 22.9. The minimum atomic E-state index is -3.86. The summed E-state index contributed by atoms with van der Waals surface area (Å²) in [5.74, 6) is 0.309. The Morgan fingerprint density at radius 1 is 1.31 bits per heavy atom. The molecule has 0 saturated carbocycles. The molecule has 2 aromatic rings. The second-order valence-electron chi connectivity index (χ2n) is 2.88. The first-order valence-corrected chi connectivity index (χ1v) is 7.49. The fraction of sp³-hybridized carbons (Fsp3) is 0. The molecule has 0 aliphatic heterocycles. The van der Waals surface area contributed by atoms with E-state index in [-0.39, 0.29) is 5.16 Å². The summed E-state index contributed by atoms with van der Waals surface area (Å²) in [6.45, 7) is 0. The van der Waals surface area contributed by atoms with Crippen molar-refractivity contribution in [2.75, 3.05) is 0 Å². The molecular formula is C8H5ClIN3O2S. The van der Waals surface area contributed by atoms with Gasteiger partial charge in [0, 0.05) is 19.8 Å². The third-order valence-electron chi connectivity index (χ3n) is 1.81. The smallest absolute Gasteiger partial charge is 0.248 e. The molecule has 0 bridgehead atoms. The third-order valence-corrected chi connectivity index (χ3v) is 3.83. The van der Waals surface area contributed by atoms with Gasteiger partial charge in [-0.05, 0) is 28.7 Å². The Hall–Kier alpha value is -0.670. The van der Waals surface area contributed by atoms with Crippen molar-refractivity contribution >= 4 is 42.3 Å². The zero-order chi connectivity index (χ0) is 11.8. The van der Waals surface area contributed by atoms with Crippen molar-refractivity contribution in [2.24, 2.45) is 0 Å². The van der Waals surface area contributed by atoms with E-state index >= 15 is 0 Å². The fourth-order valence-corrected chi connectivity index (χ4v) is 2.30. The standard InChI is InChI=1S/C8H5ClIN3O2S/c9-16(14,15)8-11-7(12-13-8)5-3-1-2-4-6(5)10/h1-4H,(H,11,12,13). The van der Waals surface area contributed by atoms with Crippen LogP contribution in [0, 0.1) is 3.57 Å². The van der Waals surface area contributed by atoms with Crippen LogP contribution in [0.1, 0.15) is 0 Å². The van der Waals surface area contributed by atoms with Gasteiger partial charge in [0.2, 0.25) is 0 Å². The monoisotopic (exact) mass is 369 g/mol. The molecular weight excluding hydrogens is 365 g/mol. The van der Waals surface area contributed by atoms with E-state index in [4.69, 9.17) is 10.7 Å². The van der Waals surface area contributed by atoms with Crippen molar-refractivity contribution in [3.05, 3.63) is 27.8 Å². The predicted octanol–water partition coefficient (Wildman–Crippen LogP) is 2.00. The van der Waals surface area contributed by atoms with Crippen LogP contribution in [0.25, 0.3) is 11.4 Å². The maximum Gasteiger partial charge on any atom is 0.296 e. The molecule has 8 heteroatoms. The molecule has 84 valence electrons. The van der Waals surface area contributed by atoms with Crippen LogP contribution in [0.4, 0.5) is 0 Å². The highest BCUT2D eigenvalue weighted by atomic mass is 127. The van der Waals surface area contributed by atoms with Crippen LogP contribution in [-0.2, 0) is 9.05 Å². The third kappa shape index (κ3) is 2.36. The SMILES string of the molecule is O=S(=O)(Cl)c1nc(-c2ccccc2I)n[nH]1. The Morgan fingerprint density at radius 3 is 2.56 bits per heavy atom. The fourth-order valence-electron chi connectivity index (χ4n) is 1.12. The molecule has 16 heavy (non-hydrogen) atoms. The van der Waals surface area contributed by atoms with E-state index in [0.717, 1.165) is 9.13 Å². The minimum absolute atomic E-state index is 0.309. The van der Waals surface area contributed by atoms with E-state index in [1.807, 2.05) is 18.2 Å². The van der Waals surface area contributed by atoms with Crippen LogP contribution in [0.2, 0.25) is 0 Å². The maximum absolute atomic E-state index is 11.0. The molecule has 2 rings (SSSR count). The van der Waals surface area contributed by atoms with E-state index in [9.17, 15) is 8.42 Å².